The van der Waals surface area contributed by atoms with Crippen molar-refractivity contribution in [2.24, 2.45) is 4.99 Å². The summed E-state index contributed by atoms with van der Waals surface area (Å²) in [6.45, 7) is 1.09. The normalized spacial score (nSPS) is 21.8. The Kier molecular flexibility index (Phi) is 2.14. The molecule has 2 aromatic rings. The Labute approximate surface area is 106 Å². The van der Waals surface area contributed by atoms with Gasteiger partial charge in [-0.1, -0.05) is 24.3 Å². The molecule has 0 radical (unpaired) electrons. The maximum atomic E-state index is 4.79. The van der Waals surface area contributed by atoms with E-state index in [0.29, 0.717) is 6.04 Å². The lowest BCUT2D eigenvalue weighted by molar-refractivity contribution is 0.760. The molecule has 1 atom stereocenters. The van der Waals surface area contributed by atoms with Gasteiger partial charge in [0.2, 0.25) is 0 Å². The van der Waals surface area contributed by atoms with Gasteiger partial charge in [0.1, 0.15) is 5.84 Å². The number of nitrogens with one attached hydrogen (secondary N) is 2. The number of aliphatic imine (C=N–C) groups is 1. The maximum Gasteiger partial charge on any atom is 0.124 e. The van der Waals surface area contributed by atoms with E-state index in [9.17, 15) is 0 Å². The predicted molar refractivity (Wildman–Crippen MR) is 75.7 cm³/mol. The molecule has 2 heterocycles. The van der Waals surface area contributed by atoms with E-state index in [0.717, 1.165) is 18.1 Å². The summed E-state index contributed by atoms with van der Waals surface area (Å²) in [7, 11) is 0. The lowest BCUT2D eigenvalue weighted by Gasteiger charge is -2.22. The van der Waals surface area contributed by atoms with Crippen molar-refractivity contribution >= 4 is 28.0 Å². The second-order valence-corrected chi connectivity index (χ2v) is 4.95. The van der Waals surface area contributed by atoms with E-state index < -0.39 is 0 Å². The molecule has 3 nitrogen and oxygen atoms in total. The first-order chi connectivity index (χ1) is 8.92. The van der Waals surface area contributed by atoms with E-state index in [1.54, 1.807) is 0 Å². The molecule has 2 aliphatic rings. The van der Waals surface area contributed by atoms with Crippen LogP contribution in [0, 0.1) is 0 Å². The average Bonchev–Trinajstić information content (AvgIpc) is 2.93. The van der Waals surface area contributed by atoms with Gasteiger partial charge in [0, 0.05) is 11.1 Å². The van der Waals surface area contributed by atoms with Gasteiger partial charge in [0.05, 0.1) is 11.7 Å². The minimum absolute atomic E-state index is 0.383. The van der Waals surface area contributed by atoms with Crippen LogP contribution in [-0.4, -0.2) is 18.4 Å². The van der Waals surface area contributed by atoms with Gasteiger partial charge in [-0.25, -0.2) is 4.99 Å². The van der Waals surface area contributed by atoms with Crippen molar-refractivity contribution in [3.05, 3.63) is 36.4 Å². The van der Waals surface area contributed by atoms with Crippen LogP contribution >= 0.6 is 0 Å². The highest BCUT2D eigenvalue weighted by Crippen LogP contribution is 2.36. The fourth-order valence-corrected chi connectivity index (χ4v) is 2.90. The lowest BCUT2D eigenvalue weighted by atomic mass is 10.0. The van der Waals surface area contributed by atoms with Crippen molar-refractivity contribution in [1.82, 2.24) is 5.32 Å². The van der Waals surface area contributed by atoms with Crippen LogP contribution < -0.4 is 10.6 Å². The molecule has 18 heavy (non-hydrogen) atoms. The van der Waals surface area contributed by atoms with Gasteiger partial charge in [0.25, 0.3) is 0 Å². The number of hydrogen-bond acceptors (Lipinski definition) is 3. The summed E-state index contributed by atoms with van der Waals surface area (Å²) >= 11 is 0. The van der Waals surface area contributed by atoms with Crippen molar-refractivity contribution in [3.8, 4) is 0 Å². The van der Waals surface area contributed by atoms with Crippen molar-refractivity contribution in [1.29, 1.82) is 0 Å². The summed E-state index contributed by atoms with van der Waals surface area (Å²) < 4.78 is 0. The van der Waals surface area contributed by atoms with Crippen molar-refractivity contribution in [3.63, 3.8) is 0 Å². The zero-order valence-corrected chi connectivity index (χ0v) is 10.1. The van der Waals surface area contributed by atoms with E-state index in [2.05, 4.69) is 47.0 Å². The fourth-order valence-electron chi connectivity index (χ4n) is 2.90. The van der Waals surface area contributed by atoms with Gasteiger partial charge in [-0.3, -0.25) is 0 Å². The van der Waals surface area contributed by atoms with Crippen LogP contribution in [0.25, 0.3) is 10.8 Å². The van der Waals surface area contributed by atoms with E-state index >= 15 is 0 Å². The highest BCUT2D eigenvalue weighted by atomic mass is 15.1. The Morgan fingerprint density at radius 3 is 2.83 bits per heavy atom. The Morgan fingerprint density at radius 2 is 2.00 bits per heavy atom. The van der Waals surface area contributed by atoms with Gasteiger partial charge in [-0.15, -0.1) is 0 Å². The van der Waals surface area contributed by atoms with Gasteiger partial charge in [-0.05, 0) is 36.9 Å². The summed E-state index contributed by atoms with van der Waals surface area (Å²) in [4.78, 5) is 4.79. The highest BCUT2D eigenvalue weighted by Gasteiger charge is 2.23. The molecule has 90 valence electrons. The van der Waals surface area contributed by atoms with Crippen molar-refractivity contribution in [2.45, 2.75) is 18.9 Å². The molecule has 0 aliphatic carbocycles. The number of nitrogens with zero attached hydrogens (tertiary/aromatic N) is 1. The van der Waals surface area contributed by atoms with Gasteiger partial charge < -0.3 is 10.6 Å². The standard InChI is InChI=1S/C15H15N3/c1-4-10-5-2-7-12-14(10)11(6-1)17-15(18-12)13-8-3-9-16-13/h1-2,4-7,13,16H,3,8-9H2,(H,17,18). The topological polar surface area (TPSA) is 36.4 Å². The number of anilines is 1. The summed E-state index contributed by atoms with van der Waals surface area (Å²) in [6.07, 6.45) is 2.40. The van der Waals surface area contributed by atoms with Crippen LogP contribution in [0.15, 0.2) is 41.4 Å². The Morgan fingerprint density at radius 1 is 1.11 bits per heavy atom. The summed E-state index contributed by atoms with van der Waals surface area (Å²) in [5.41, 5.74) is 2.27. The molecule has 0 spiro atoms. The molecular formula is C15H15N3. The largest absolute Gasteiger partial charge is 0.342 e. The van der Waals surface area contributed by atoms with E-state index in [-0.39, 0.29) is 0 Å². The molecule has 1 saturated heterocycles. The number of amidine groups is 1. The van der Waals surface area contributed by atoms with Crippen LogP contribution in [-0.2, 0) is 0 Å². The molecule has 2 aromatic carbocycles. The lowest BCUT2D eigenvalue weighted by Crippen LogP contribution is -2.36. The average molecular weight is 237 g/mol. The Balaban J connectivity index is 1.88. The molecule has 2 N–H and O–H groups in total. The second kappa shape index (κ2) is 3.82. The van der Waals surface area contributed by atoms with Crippen LogP contribution in [0.5, 0.6) is 0 Å². The number of hydrogen-bond donors (Lipinski definition) is 2. The zero-order valence-electron chi connectivity index (χ0n) is 10.1. The predicted octanol–water partition coefficient (Wildman–Crippen LogP) is 3.05. The van der Waals surface area contributed by atoms with Crippen LogP contribution in [0.2, 0.25) is 0 Å². The minimum atomic E-state index is 0.383. The SMILES string of the molecule is c1cc2c3c(cccc3c1)NC(C1CCCN1)=N2. The third-order valence-electron chi connectivity index (χ3n) is 3.78. The van der Waals surface area contributed by atoms with Crippen LogP contribution in [0.4, 0.5) is 11.4 Å². The maximum absolute atomic E-state index is 4.79. The number of benzene rings is 2. The van der Waals surface area contributed by atoms with Gasteiger partial charge >= 0.3 is 0 Å². The molecule has 0 amide bonds. The summed E-state index contributed by atoms with van der Waals surface area (Å²) in [5, 5.41) is 9.47. The molecule has 1 unspecified atom stereocenters. The zero-order chi connectivity index (χ0) is 11.9. The van der Waals surface area contributed by atoms with E-state index in [4.69, 9.17) is 4.99 Å². The molecule has 0 saturated carbocycles. The van der Waals surface area contributed by atoms with Gasteiger partial charge in [0.15, 0.2) is 0 Å². The molecule has 0 bridgehead atoms. The third kappa shape index (κ3) is 1.44. The molecule has 2 aliphatic heterocycles. The first-order valence-electron chi connectivity index (χ1n) is 6.52. The first-order valence-corrected chi connectivity index (χ1v) is 6.52. The van der Waals surface area contributed by atoms with Crippen LogP contribution in [0.1, 0.15) is 12.8 Å². The van der Waals surface area contributed by atoms with Gasteiger partial charge in [-0.2, -0.15) is 0 Å². The molecule has 0 aromatic heterocycles. The highest BCUT2D eigenvalue weighted by molar-refractivity contribution is 6.15. The van der Waals surface area contributed by atoms with Crippen LogP contribution in [0.3, 0.4) is 0 Å². The molecule has 3 heteroatoms. The quantitative estimate of drug-likeness (QED) is 0.799. The van der Waals surface area contributed by atoms with Crippen molar-refractivity contribution in [2.75, 3.05) is 11.9 Å². The molecule has 1 fully saturated rings. The van der Waals surface area contributed by atoms with Crippen molar-refractivity contribution < 1.29 is 0 Å². The summed E-state index contributed by atoms with van der Waals surface area (Å²) in [6, 6.07) is 13.1. The third-order valence-corrected chi connectivity index (χ3v) is 3.78. The second-order valence-electron chi connectivity index (χ2n) is 4.95. The van der Waals surface area contributed by atoms with E-state index in [1.165, 1.54) is 29.3 Å². The van der Waals surface area contributed by atoms with E-state index in [1.807, 2.05) is 0 Å². The molecule has 4 rings (SSSR count). The molecular weight excluding hydrogens is 222 g/mol. The first kappa shape index (κ1) is 10.1. The smallest absolute Gasteiger partial charge is 0.124 e. The number of rotatable bonds is 1. The minimum Gasteiger partial charge on any atom is -0.342 e. The fraction of sp³-hybridized carbons (Fsp3) is 0.267. The summed E-state index contributed by atoms with van der Waals surface area (Å²) in [5.74, 6) is 1.07. The monoisotopic (exact) mass is 237 g/mol. The Bertz CT molecular complexity index is 634. The Hall–Kier alpha value is -1.87.